The van der Waals surface area contributed by atoms with Crippen LogP contribution < -0.4 is 10.6 Å². The summed E-state index contributed by atoms with van der Waals surface area (Å²) in [6.45, 7) is 4.07. The molecule has 0 spiro atoms. The van der Waals surface area contributed by atoms with E-state index in [1.807, 2.05) is 27.2 Å². The number of hydrogen-bond donors (Lipinski definition) is 2. The van der Waals surface area contributed by atoms with Crippen molar-refractivity contribution < 1.29 is 14.0 Å². The fourth-order valence-corrected chi connectivity index (χ4v) is 4.71. The molecule has 4 rings (SSSR count). The van der Waals surface area contributed by atoms with Crippen molar-refractivity contribution in [1.82, 2.24) is 24.8 Å². The van der Waals surface area contributed by atoms with Crippen molar-refractivity contribution in [1.29, 1.82) is 0 Å². The number of aryl methyl sites for hydroxylation is 1. The maximum atomic E-state index is 13.2. The first-order valence-corrected chi connectivity index (χ1v) is 12.1. The van der Waals surface area contributed by atoms with Crippen LogP contribution in [0.1, 0.15) is 60.3 Å². The first-order valence-electron chi connectivity index (χ1n) is 11.7. The highest BCUT2D eigenvalue weighted by Crippen LogP contribution is 2.29. The summed E-state index contributed by atoms with van der Waals surface area (Å²) < 4.78 is 14.9. The third-order valence-corrected chi connectivity index (χ3v) is 7.21. The molecule has 1 fully saturated rings. The van der Waals surface area contributed by atoms with Crippen LogP contribution in [0.4, 0.5) is 10.1 Å². The molecule has 1 aliphatic carbocycles. The van der Waals surface area contributed by atoms with E-state index in [9.17, 15) is 14.0 Å². The predicted molar refractivity (Wildman–Crippen MR) is 133 cm³/mol. The normalized spacial score (nSPS) is 19.1. The third-order valence-electron chi connectivity index (χ3n) is 6.90. The van der Waals surface area contributed by atoms with Gasteiger partial charge in [-0.15, -0.1) is 0 Å². The summed E-state index contributed by atoms with van der Waals surface area (Å²) in [5.74, 6) is -1.01. The van der Waals surface area contributed by atoms with Crippen molar-refractivity contribution >= 4 is 34.7 Å². The van der Waals surface area contributed by atoms with Gasteiger partial charge in [0, 0.05) is 35.5 Å². The summed E-state index contributed by atoms with van der Waals surface area (Å²) in [6.07, 6.45) is 5.99. The summed E-state index contributed by atoms with van der Waals surface area (Å²) in [7, 11) is 4.01. The Kier molecular flexibility index (Phi) is 7.37. The molecule has 1 saturated carbocycles. The van der Waals surface area contributed by atoms with Crippen molar-refractivity contribution in [3.8, 4) is 0 Å². The molecule has 8 nitrogen and oxygen atoms in total. The number of nitrogens with one attached hydrogen (secondary N) is 2. The zero-order valence-electron chi connectivity index (χ0n) is 20.3. The third kappa shape index (κ3) is 5.31. The largest absolute Gasteiger partial charge is 0.349 e. The van der Waals surface area contributed by atoms with Gasteiger partial charge in [-0.1, -0.05) is 11.6 Å². The zero-order valence-corrected chi connectivity index (χ0v) is 21.1. The molecule has 0 aliphatic heterocycles. The van der Waals surface area contributed by atoms with Crippen molar-refractivity contribution in [3.63, 3.8) is 0 Å². The van der Waals surface area contributed by atoms with Crippen molar-refractivity contribution in [2.75, 3.05) is 19.4 Å². The monoisotopic (exact) mass is 500 g/mol. The Hall–Kier alpha value is -3.04. The molecule has 35 heavy (non-hydrogen) atoms. The van der Waals surface area contributed by atoms with Gasteiger partial charge in [0.1, 0.15) is 11.4 Å². The highest BCUT2D eigenvalue weighted by atomic mass is 35.5. The molecule has 3 aromatic rings. The number of nitrogens with zero attached hydrogens (tertiary/aromatic N) is 4. The lowest BCUT2D eigenvalue weighted by atomic mass is 9.85. The summed E-state index contributed by atoms with van der Waals surface area (Å²) in [6, 6.07) is 4.01. The Morgan fingerprint density at radius 2 is 1.91 bits per heavy atom. The number of carbonyl (C=O) groups excluding carboxylic acids is 2. The van der Waals surface area contributed by atoms with Crippen molar-refractivity contribution in [3.05, 3.63) is 58.3 Å². The molecule has 0 bridgehead atoms. The van der Waals surface area contributed by atoms with Crippen LogP contribution in [0.15, 0.2) is 30.6 Å². The van der Waals surface area contributed by atoms with E-state index < -0.39 is 5.82 Å². The van der Waals surface area contributed by atoms with Gasteiger partial charge in [-0.05, 0) is 71.8 Å². The van der Waals surface area contributed by atoms with Crippen LogP contribution in [-0.4, -0.2) is 51.4 Å². The number of benzene rings is 1. The molecule has 0 radical (unpaired) electrons. The number of amides is 2. The predicted octanol–water partition coefficient (Wildman–Crippen LogP) is 4.38. The number of halogens is 2. The van der Waals surface area contributed by atoms with Crippen LogP contribution in [-0.2, 0) is 4.79 Å². The highest BCUT2D eigenvalue weighted by Gasteiger charge is 2.28. The van der Waals surface area contributed by atoms with Crippen LogP contribution in [0.3, 0.4) is 0 Å². The first-order chi connectivity index (χ1) is 16.7. The second-order valence-corrected chi connectivity index (χ2v) is 9.77. The van der Waals surface area contributed by atoms with Crippen LogP contribution >= 0.6 is 11.6 Å². The van der Waals surface area contributed by atoms with Gasteiger partial charge < -0.3 is 15.5 Å². The molecular formula is C25H30ClFN6O2. The Bertz CT molecular complexity index is 1250. The number of fused-ring (bicyclic) bond motifs is 1. The van der Waals surface area contributed by atoms with E-state index in [1.54, 1.807) is 10.7 Å². The molecule has 1 unspecified atom stereocenters. The fourth-order valence-electron chi connectivity index (χ4n) is 4.50. The van der Waals surface area contributed by atoms with Gasteiger partial charge in [0.15, 0.2) is 5.65 Å². The summed E-state index contributed by atoms with van der Waals surface area (Å²) >= 11 is 6.01. The second kappa shape index (κ2) is 10.3. The van der Waals surface area contributed by atoms with E-state index in [-0.39, 0.29) is 34.8 Å². The Morgan fingerprint density at radius 1 is 1.20 bits per heavy atom. The van der Waals surface area contributed by atoms with Crippen molar-refractivity contribution in [2.45, 2.75) is 51.6 Å². The molecule has 0 saturated heterocycles. The summed E-state index contributed by atoms with van der Waals surface area (Å²) in [5.41, 5.74) is 3.36. The number of carbonyl (C=O) groups is 2. The van der Waals surface area contributed by atoms with Gasteiger partial charge in [0.05, 0.1) is 16.9 Å². The zero-order chi connectivity index (χ0) is 25.3. The standard InChI is InChI=1S/C25H30ClFN6O2/c1-14(32(3)4)19-12-28-23-20(13-29-33(23)15(19)2)25(35)30-18-8-5-16(6-9-18)24(34)31-22-10-7-17(27)11-21(22)26/h7,10-14,16,18H,5-6,8-9H2,1-4H3,(H,30,35)(H,31,34). The van der Waals surface area contributed by atoms with Crippen LogP contribution in [0.5, 0.6) is 0 Å². The maximum absolute atomic E-state index is 13.2. The molecule has 1 atom stereocenters. The Morgan fingerprint density at radius 3 is 2.57 bits per heavy atom. The molecule has 186 valence electrons. The van der Waals surface area contributed by atoms with Crippen molar-refractivity contribution in [2.24, 2.45) is 5.92 Å². The van der Waals surface area contributed by atoms with Gasteiger partial charge in [-0.3, -0.25) is 9.59 Å². The summed E-state index contributed by atoms with van der Waals surface area (Å²) in [5, 5.41) is 10.4. The number of hydrogen-bond acceptors (Lipinski definition) is 5. The molecule has 2 N–H and O–H groups in total. The number of rotatable bonds is 6. The molecule has 10 heteroatoms. The van der Waals surface area contributed by atoms with Gasteiger partial charge in [0.2, 0.25) is 5.91 Å². The Labute approximate surface area is 208 Å². The van der Waals surface area contributed by atoms with E-state index >= 15 is 0 Å². The molecule has 1 aromatic carbocycles. The fraction of sp³-hybridized carbons (Fsp3) is 0.440. The van der Waals surface area contributed by atoms with E-state index in [1.165, 1.54) is 18.2 Å². The molecule has 2 heterocycles. The van der Waals surface area contributed by atoms with Gasteiger partial charge in [0.25, 0.3) is 5.91 Å². The average molecular weight is 501 g/mol. The van der Waals surface area contributed by atoms with E-state index in [0.29, 0.717) is 42.6 Å². The van der Waals surface area contributed by atoms with Crippen LogP contribution in [0.2, 0.25) is 5.02 Å². The minimum atomic E-state index is -0.454. The minimum absolute atomic E-state index is 0.0370. The number of anilines is 1. The van der Waals surface area contributed by atoms with Gasteiger partial charge in [-0.2, -0.15) is 5.10 Å². The van der Waals surface area contributed by atoms with Crippen LogP contribution in [0, 0.1) is 18.7 Å². The highest BCUT2D eigenvalue weighted by molar-refractivity contribution is 6.33. The molecule has 1 aliphatic rings. The number of aromatic nitrogens is 3. The maximum Gasteiger partial charge on any atom is 0.256 e. The molecular weight excluding hydrogens is 471 g/mol. The lowest BCUT2D eigenvalue weighted by Crippen LogP contribution is -2.39. The second-order valence-electron chi connectivity index (χ2n) is 9.37. The first kappa shape index (κ1) is 25.1. The smallest absolute Gasteiger partial charge is 0.256 e. The van der Waals surface area contributed by atoms with Crippen LogP contribution in [0.25, 0.3) is 5.65 Å². The minimum Gasteiger partial charge on any atom is -0.349 e. The Balaban J connectivity index is 1.36. The summed E-state index contributed by atoms with van der Waals surface area (Å²) in [4.78, 5) is 32.3. The average Bonchev–Trinajstić information content (AvgIpc) is 3.26. The lowest BCUT2D eigenvalue weighted by Gasteiger charge is -2.28. The van der Waals surface area contributed by atoms with Gasteiger partial charge in [-0.25, -0.2) is 13.9 Å². The topological polar surface area (TPSA) is 91.6 Å². The van der Waals surface area contributed by atoms with E-state index in [0.717, 1.165) is 11.3 Å². The lowest BCUT2D eigenvalue weighted by molar-refractivity contribution is -0.120. The van der Waals surface area contributed by atoms with E-state index in [2.05, 4.69) is 32.5 Å². The van der Waals surface area contributed by atoms with Gasteiger partial charge >= 0.3 is 0 Å². The molecule has 2 aromatic heterocycles. The van der Waals surface area contributed by atoms with E-state index in [4.69, 9.17) is 11.6 Å². The molecule has 2 amide bonds. The SMILES string of the molecule is Cc1c(C(C)N(C)C)cnc2c(C(=O)NC3CCC(C(=O)Nc4ccc(F)cc4Cl)CC3)cnn12. The quantitative estimate of drug-likeness (QED) is 0.524.